The van der Waals surface area contributed by atoms with Crippen LogP contribution in [0.4, 0.5) is 9.18 Å². The molecule has 1 atom stereocenters. The quantitative estimate of drug-likeness (QED) is 0.720. The number of fused-ring (bicyclic) bond motifs is 2. The molecule has 0 unspecified atom stereocenters. The monoisotopic (exact) mass is 434 g/mol. The molecule has 0 bridgehead atoms. The average molecular weight is 435 g/mol. The SMILES string of the molecule is COc1nc(OC[C@@]23CCCN2C/C(=C\F)C3)nc2c1CCN(C(=O)OC(C)(C)C)C2. The number of hydrogen-bond acceptors (Lipinski definition) is 7. The predicted molar refractivity (Wildman–Crippen MR) is 112 cm³/mol. The number of carbonyl (C=O) groups excluding carboxylic acids is 1. The van der Waals surface area contributed by atoms with Crippen LogP contribution in [0.2, 0.25) is 0 Å². The molecular weight excluding hydrogens is 403 g/mol. The van der Waals surface area contributed by atoms with Gasteiger partial charge < -0.3 is 19.1 Å². The van der Waals surface area contributed by atoms with Gasteiger partial charge in [0.2, 0.25) is 5.88 Å². The van der Waals surface area contributed by atoms with E-state index in [1.54, 1.807) is 12.0 Å². The number of amides is 1. The van der Waals surface area contributed by atoms with Gasteiger partial charge in [0.15, 0.2) is 0 Å². The zero-order valence-electron chi connectivity index (χ0n) is 18.7. The Morgan fingerprint density at radius 2 is 2.06 bits per heavy atom. The van der Waals surface area contributed by atoms with Gasteiger partial charge in [-0.05, 0) is 58.6 Å². The van der Waals surface area contributed by atoms with Crippen molar-refractivity contribution in [3.05, 3.63) is 23.2 Å². The van der Waals surface area contributed by atoms with Gasteiger partial charge in [-0.15, -0.1) is 0 Å². The molecule has 2 saturated heterocycles. The lowest BCUT2D eigenvalue weighted by atomic mass is 9.94. The van der Waals surface area contributed by atoms with E-state index >= 15 is 0 Å². The van der Waals surface area contributed by atoms with E-state index in [0.29, 0.717) is 50.7 Å². The van der Waals surface area contributed by atoms with E-state index in [4.69, 9.17) is 14.2 Å². The molecule has 0 N–H and O–H groups in total. The van der Waals surface area contributed by atoms with Crippen molar-refractivity contribution in [3.63, 3.8) is 0 Å². The third-order valence-electron chi connectivity index (χ3n) is 6.17. The van der Waals surface area contributed by atoms with Gasteiger partial charge in [-0.1, -0.05) is 0 Å². The zero-order chi connectivity index (χ0) is 22.2. The average Bonchev–Trinajstić information content (AvgIpc) is 3.27. The number of carbonyl (C=O) groups is 1. The summed E-state index contributed by atoms with van der Waals surface area (Å²) >= 11 is 0. The summed E-state index contributed by atoms with van der Waals surface area (Å²) in [5, 5.41) is 0. The van der Waals surface area contributed by atoms with Crippen molar-refractivity contribution >= 4 is 6.09 Å². The Kier molecular flexibility index (Phi) is 5.81. The molecule has 170 valence electrons. The highest BCUT2D eigenvalue weighted by molar-refractivity contribution is 5.68. The fourth-order valence-electron chi connectivity index (χ4n) is 4.74. The van der Waals surface area contributed by atoms with Gasteiger partial charge in [-0.25, -0.2) is 9.18 Å². The minimum Gasteiger partial charge on any atom is -0.481 e. The summed E-state index contributed by atoms with van der Waals surface area (Å²) in [6.07, 6.45) is 3.64. The molecule has 0 spiro atoms. The lowest BCUT2D eigenvalue weighted by Gasteiger charge is -2.32. The first-order valence-corrected chi connectivity index (χ1v) is 10.8. The van der Waals surface area contributed by atoms with Crippen LogP contribution in [-0.4, -0.2) is 70.4 Å². The summed E-state index contributed by atoms with van der Waals surface area (Å²) < 4.78 is 30.1. The molecule has 8 nitrogen and oxygen atoms in total. The second-order valence-electron chi connectivity index (χ2n) is 9.57. The Hall–Kier alpha value is -2.42. The van der Waals surface area contributed by atoms with Crippen molar-refractivity contribution in [1.29, 1.82) is 0 Å². The first kappa shape index (κ1) is 21.8. The molecule has 0 aliphatic carbocycles. The van der Waals surface area contributed by atoms with Gasteiger partial charge in [0.1, 0.15) is 12.2 Å². The standard InChI is InChI=1S/C22H31FN4O4/c1-21(2,3)31-20(28)26-9-6-16-17(13-26)24-19(25-18(16)29-4)30-14-22-7-5-8-27(22)12-15(10-22)11-23/h11H,5-10,12-14H2,1-4H3/b15-11-/t22-/m0/s1. The lowest BCUT2D eigenvalue weighted by Crippen LogP contribution is -2.43. The van der Waals surface area contributed by atoms with Crippen LogP contribution in [0.25, 0.3) is 0 Å². The van der Waals surface area contributed by atoms with Crippen LogP contribution in [-0.2, 0) is 17.7 Å². The smallest absolute Gasteiger partial charge is 0.410 e. The zero-order valence-corrected chi connectivity index (χ0v) is 18.7. The first-order chi connectivity index (χ1) is 14.7. The van der Waals surface area contributed by atoms with Crippen LogP contribution in [0.3, 0.4) is 0 Å². The molecule has 0 radical (unpaired) electrons. The second kappa shape index (κ2) is 8.26. The van der Waals surface area contributed by atoms with Gasteiger partial charge in [0, 0.05) is 18.7 Å². The lowest BCUT2D eigenvalue weighted by molar-refractivity contribution is 0.0218. The summed E-state index contributed by atoms with van der Waals surface area (Å²) in [6, 6.07) is 0.223. The van der Waals surface area contributed by atoms with Gasteiger partial charge >= 0.3 is 12.1 Å². The number of aromatic nitrogens is 2. The molecule has 4 rings (SSSR count). The molecule has 3 aliphatic heterocycles. The fraction of sp³-hybridized carbons (Fsp3) is 0.682. The molecule has 1 amide bonds. The molecule has 2 fully saturated rings. The molecule has 3 aliphatic rings. The summed E-state index contributed by atoms with van der Waals surface area (Å²) in [4.78, 5) is 25.5. The van der Waals surface area contributed by atoms with Gasteiger partial charge in [-0.2, -0.15) is 9.97 Å². The molecule has 1 aromatic rings. The van der Waals surface area contributed by atoms with Crippen molar-refractivity contribution in [1.82, 2.24) is 19.8 Å². The number of hydrogen-bond donors (Lipinski definition) is 0. The molecule has 9 heteroatoms. The van der Waals surface area contributed by atoms with Crippen LogP contribution < -0.4 is 9.47 Å². The summed E-state index contributed by atoms with van der Waals surface area (Å²) in [7, 11) is 1.57. The van der Waals surface area contributed by atoms with Crippen LogP contribution >= 0.6 is 0 Å². The Balaban J connectivity index is 1.50. The topological polar surface area (TPSA) is 77.0 Å². The maximum Gasteiger partial charge on any atom is 0.410 e. The molecule has 0 aromatic carbocycles. The number of nitrogens with zero attached hydrogens (tertiary/aromatic N) is 4. The minimum absolute atomic E-state index is 0.201. The van der Waals surface area contributed by atoms with Gasteiger partial charge in [0.05, 0.1) is 31.2 Å². The van der Waals surface area contributed by atoms with E-state index in [0.717, 1.165) is 36.9 Å². The third-order valence-corrected chi connectivity index (χ3v) is 6.17. The van der Waals surface area contributed by atoms with Gasteiger partial charge in [0.25, 0.3) is 0 Å². The molecule has 0 saturated carbocycles. The van der Waals surface area contributed by atoms with Crippen LogP contribution in [0.5, 0.6) is 11.9 Å². The highest BCUT2D eigenvalue weighted by atomic mass is 19.1. The van der Waals surface area contributed by atoms with Crippen molar-refractivity contribution in [2.24, 2.45) is 0 Å². The Morgan fingerprint density at radius 3 is 2.77 bits per heavy atom. The van der Waals surface area contributed by atoms with Crippen LogP contribution in [0.15, 0.2) is 11.9 Å². The number of methoxy groups -OCH3 is 1. The molecular formula is C22H31FN4O4. The number of halogens is 1. The Bertz CT molecular complexity index is 885. The predicted octanol–water partition coefficient (Wildman–Crippen LogP) is 3.25. The minimum atomic E-state index is -0.560. The largest absolute Gasteiger partial charge is 0.481 e. The highest BCUT2D eigenvalue weighted by Crippen LogP contribution is 2.41. The van der Waals surface area contributed by atoms with Crippen molar-refractivity contribution in [2.75, 3.05) is 33.4 Å². The van der Waals surface area contributed by atoms with Crippen molar-refractivity contribution in [3.8, 4) is 11.9 Å². The molecule has 31 heavy (non-hydrogen) atoms. The Labute approximate surface area is 182 Å². The van der Waals surface area contributed by atoms with Crippen LogP contribution in [0, 0.1) is 0 Å². The molecule has 1 aromatic heterocycles. The van der Waals surface area contributed by atoms with E-state index in [-0.39, 0.29) is 17.6 Å². The molecule has 4 heterocycles. The van der Waals surface area contributed by atoms with Gasteiger partial charge in [-0.3, -0.25) is 4.90 Å². The van der Waals surface area contributed by atoms with Crippen LogP contribution in [0.1, 0.15) is 51.3 Å². The maximum atomic E-state index is 13.1. The van der Waals surface area contributed by atoms with E-state index < -0.39 is 5.60 Å². The van der Waals surface area contributed by atoms with E-state index in [9.17, 15) is 9.18 Å². The van der Waals surface area contributed by atoms with E-state index in [2.05, 4.69) is 14.9 Å². The fourth-order valence-corrected chi connectivity index (χ4v) is 4.74. The maximum absolute atomic E-state index is 13.1. The summed E-state index contributed by atoms with van der Waals surface area (Å²) in [6.45, 7) is 8.35. The third kappa shape index (κ3) is 4.46. The Morgan fingerprint density at radius 1 is 1.26 bits per heavy atom. The highest BCUT2D eigenvalue weighted by Gasteiger charge is 2.47. The number of rotatable bonds is 4. The second-order valence-corrected chi connectivity index (χ2v) is 9.57. The van der Waals surface area contributed by atoms with Crippen molar-refractivity contribution in [2.45, 2.75) is 64.1 Å². The van der Waals surface area contributed by atoms with Crippen molar-refractivity contribution < 1.29 is 23.4 Å². The normalized spacial score (nSPS) is 24.8. The first-order valence-electron chi connectivity index (χ1n) is 10.8. The summed E-state index contributed by atoms with van der Waals surface area (Å²) in [5.41, 5.74) is 1.64. The van der Waals surface area contributed by atoms with E-state index in [1.165, 1.54) is 0 Å². The van der Waals surface area contributed by atoms with E-state index in [1.807, 2.05) is 20.8 Å². The number of ether oxygens (including phenoxy) is 3. The summed E-state index contributed by atoms with van der Waals surface area (Å²) in [5.74, 6) is 0.473.